The first-order chi connectivity index (χ1) is 13.4. The zero-order chi connectivity index (χ0) is 21.0. The van der Waals surface area contributed by atoms with Crippen molar-refractivity contribution in [2.24, 2.45) is 11.3 Å². The third kappa shape index (κ3) is 8.83. The third-order valence-electron chi connectivity index (χ3n) is 6.02. The summed E-state index contributed by atoms with van der Waals surface area (Å²) in [5.74, 6) is 1.13. The molecule has 0 N–H and O–H groups in total. The average molecular weight is 415 g/mol. The van der Waals surface area contributed by atoms with E-state index in [1.165, 1.54) is 71.5 Å². The smallest absolute Gasteiger partial charge is 0.288 e. The minimum atomic E-state index is -0.144. The number of likely N-dealkylation sites (tertiary alicyclic amines) is 1. The number of carbonyl (C=O) groups excluding carboxylic acids is 2. The van der Waals surface area contributed by atoms with Gasteiger partial charge in [-0.25, -0.2) is 0 Å². The van der Waals surface area contributed by atoms with Crippen LogP contribution in [0.4, 0.5) is 4.79 Å². The maximum atomic E-state index is 10.5. The molecule has 4 rings (SSSR count). The van der Waals surface area contributed by atoms with Crippen LogP contribution >= 0.6 is 11.8 Å². The summed E-state index contributed by atoms with van der Waals surface area (Å²) in [6, 6.07) is 0. The summed E-state index contributed by atoms with van der Waals surface area (Å²) in [5.41, 5.74) is 0.771. The monoisotopic (exact) mass is 414 g/mol. The number of hydrogen-bond acceptors (Lipinski definition) is 5. The van der Waals surface area contributed by atoms with E-state index < -0.39 is 0 Å². The standard InChI is InChI=1S/C10H19N.C6H12O.C4H5NO2S.C2H6/c1-11-8-7-10(9-11)5-3-2-4-6-10;1-6-2-4-7-5-3-6;1-5-3(6)2-8-4(5)7;1-2/h2-9H2,1H3;6H,2-5H2,1H3;2H2,1H3;1-2H3. The van der Waals surface area contributed by atoms with Gasteiger partial charge in [-0.3, -0.25) is 14.5 Å². The summed E-state index contributed by atoms with van der Waals surface area (Å²) < 4.78 is 5.14. The Hall–Kier alpha value is -0.590. The van der Waals surface area contributed by atoms with Crippen molar-refractivity contribution >= 4 is 22.9 Å². The summed E-state index contributed by atoms with van der Waals surface area (Å²) in [6.07, 6.45) is 11.5. The van der Waals surface area contributed by atoms with Gasteiger partial charge < -0.3 is 9.64 Å². The van der Waals surface area contributed by atoms with Crippen LogP contribution < -0.4 is 0 Å². The van der Waals surface area contributed by atoms with Crippen molar-refractivity contribution in [1.29, 1.82) is 0 Å². The molecule has 3 aliphatic heterocycles. The second kappa shape index (κ2) is 13.6. The number of ether oxygens (including phenoxy) is 1. The Morgan fingerprint density at radius 1 is 1.00 bits per heavy atom. The minimum absolute atomic E-state index is 0.0972. The summed E-state index contributed by atoms with van der Waals surface area (Å²) in [4.78, 5) is 24.6. The predicted molar refractivity (Wildman–Crippen MR) is 119 cm³/mol. The predicted octanol–water partition coefficient (Wildman–Crippen LogP) is 5.04. The van der Waals surface area contributed by atoms with Crippen LogP contribution in [0.25, 0.3) is 0 Å². The van der Waals surface area contributed by atoms with Crippen molar-refractivity contribution < 1.29 is 14.3 Å². The third-order valence-corrected chi connectivity index (χ3v) is 6.93. The van der Waals surface area contributed by atoms with Gasteiger partial charge in [0, 0.05) is 26.8 Å². The maximum Gasteiger partial charge on any atom is 0.288 e. The Bertz CT molecular complexity index is 439. The van der Waals surface area contributed by atoms with E-state index in [0.717, 1.165) is 41.2 Å². The molecule has 1 spiro atoms. The van der Waals surface area contributed by atoms with Crippen LogP contribution in [0.3, 0.4) is 0 Å². The van der Waals surface area contributed by atoms with E-state index in [0.29, 0.717) is 5.75 Å². The topological polar surface area (TPSA) is 49.9 Å². The number of carbonyl (C=O) groups is 2. The molecular weight excluding hydrogens is 372 g/mol. The molecule has 0 radical (unpaired) electrons. The van der Waals surface area contributed by atoms with E-state index in [4.69, 9.17) is 4.74 Å². The number of rotatable bonds is 0. The first kappa shape index (κ1) is 25.4. The highest BCUT2D eigenvalue weighted by Gasteiger charge is 2.37. The number of nitrogens with zero attached hydrogens (tertiary/aromatic N) is 2. The number of amides is 2. The molecule has 4 aliphatic rings. The molecule has 0 unspecified atom stereocenters. The lowest BCUT2D eigenvalue weighted by molar-refractivity contribution is -0.123. The highest BCUT2D eigenvalue weighted by Crippen LogP contribution is 2.42. The molecular formula is C22H42N2O3S. The van der Waals surface area contributed by atoms with E-state index in [2.05, 4.69) is 18.9 Å². The van der Waals surface area contributed by atoms with E-state index >= 15 is 0 Å². The number of thioether (sulfide) groups is 1. The molecule has 28 heavy (non-hydrogen) atoms. The van der Waals surface area contributed by atoms with Crippen molar-refractivity contribution in [2.75, 3.05) is 46.2 Å². The van der Waals surface area contributed by atoms with Gasteiger partial charge in [-0.1, -0.05) is 51.8 Å². The van der Waals surface area contributed by atoms with Crippen molar-refractivity contribution in [3.05, 3.63) is 0 Å². The average Bonchev–Trinajstić information content (AvgIpc) is 3.22. The van der Waals surface area contributed by atoms with Gasteiger partial charge in [-0.2, -0.15) is 0 Å². The van der Waals surface area contributed by atoms with Crippen molar-refractivity contribution in [3.8, 4) is 0 Å². The van der Waals surface area contributed by atoms with Crippen molar-refractivity contribution in [3.63, 3.8) is 0 Å². The fraction of sp³-hybridized carbons (Fsp3) is 0.909. The Morgan fingerprint density at radius 2 is 1.61 bits per heavy atom. The van der Waals surface area contributed by atoms with E-state index in [1.54, 1.807) is 0 Å². The fourth-order valence-electron chi connectivity index (χ4n) is 4.10. The molecule has 1 saturated carbocycles. The molecule has 0 aromatic heterocycles. The summed E-state index contributed by atoms with van der Waals surface area (Å²) in [5, 5.41) is -0.144. The molecule has 6 heteroatoms. The molecule has 0 atom stereocenters. The SMILES string of the molecule is CC.CC1CCOCC1.CN1C(=O)CSC1=O.CN1CCC2(CCCCC2)C1. The van der Waals surface area contributed by atoms with Crippen LogP contribution in [0, 0.1) is 11.3 Å². The van der Waals surface area contributed by atoms with Crippen molar-refractivity contribution in [1.82, 2.24) is 9.80 Å². The Morgan fingerprint density at radius 3 is 1.93 bits per heavy atom. The largest absolute Gasteiger partial charge is 0.381 e. The van der Waals surface area contributed by atoms with Gasteiger partial charge in [0.2, 0.25) is 5.91 Å². The zero-order valence-electron chi connectivity index (χ0n) is 18.8. The first-order valence-corrected chi connectivity index (χ1v) is 12.1. The lowest BCUT2D eigenvalue weighted by Crippen LogP contribution is -2.27. The highest BCUT2D eigenvalue weighted by molar-refractivity contribution is 8.14. The summed E-state index contributed by atoms with van der Waals surface area (Å²) in [7, 11) is 3.76. The van der Waals surface area contributed by atoms with Crippen molar-refractivity contribution in [2.45, 2.75) is 72.1 Å². The number of hydrogen-bond donors (Lipinski definition) is 0. The van der Waals surface area contributed by atoms with E-state index in [-0.39, 0.29) is 11.1 Å². The minimum Gasteiger partial charge on any atom is -0.381 e. The molecule has 2 amide bonds. The summed E-state index contributed by atoms with van der Waals surface area (Å²) in [6.45, 7) is 11.0. The molecule has 0 aromatic carbocycles. The lowest BCUT2D eigenvalue weighted by atomic mass is 9.74. The Labute approximate surface area is 176 Å². The maximum absolute atomic E-state index is 10.5. The normalized spacial score (nSPS) is 24.7. The van der Waals surface area contributed by atoms with Gasteiger partial charge in [0.05, 0.1) is 5.75 Å². The summed E-state index contributed by atoms with van der Waals surface area (Å²) >= 11 is 1.05. The highest BCUT2D eigenvalue weighted by atomic mass is 32.2. The van der Waals surface area contributed by atoms with Crippen LogP contribution in [-0.2, 0) is 9.53 Å². The van der Waals surface area contributed by atoms with E-state index in [9.17, 15) is 9.59 Å². The molecule has 4 fully saturated rings. The quantitative estimate of drug-likeness (QED) is 0.555. The fourth-order valence-corrected chi connectivity index (χ4v) is 4.84. The van der Waals surface area contributed by atoms with Gasteiger partial charge in [0.25, 0.3) is 5.24 Å². The van der Waals surface area contributed by atoms with Gasteiger partial charge >= 0.3 is 0 Å². The van der Waals surface area contributed by atoms with Crippen LogP contribution in [0.2, 0.25) is 0 Å². The van der Waals surface area contributed by atoms with Gasteiger partial charge in [-0.05, 0) is 57.0 Å². The molecule has 1 aliphatic carbocycles. The van der Waals surface area contributed by atoms with Crippen LogP contribution in [0.1, 0.15) is 72.1 Å². The van der Waals surface area contributed by atoms with Crippen LogP contribution in [0.5, 0.6) is 0 Å². The van der Waals surface area contributed by atoms with Gasteiger partial charge in [0.15, 0.2) is 0 Å². The van der Waals surface area contributed by atoms with Gasteiger partial charge in [0.1, 0.15) is 0 Å². The molecule has 0 aromatic rings. The molecule has 164 valence electrons. The molecule has 0 bridgehead atoms. The van der Waals surface area contributed by atoms with Gasteiger partial charge in [-0.15, -0.1) is 0 Å². The Balaban J connectivity index is 0.000000207. The number of imide groups is 1. The lowest BCUT2D eigenvalue weighted by Gasteiger charge is -2.32. The molecule has 3 heterocycles. The molecule has 5 nitrogen and oxygen atoms in total. The van der Waals surface area contributed by atoms with Crippen LogP contribution in [-0.4, -0.2) is 67.1 Å². The van der Waals surface area contributed by atoms with Crippen LogP contribution in [0.15, 0.2) is 0 Å². The second-order valence-corrected chi connectivity index (χ2v) is 9.28. The zero-order valence-corrected chi connectivity index (χ0v) is 19.6. The second-order valence-electron chi connectivity index (χ2n) is 8.35. The molecule has 3 saturated heterocycles. The van der Waals surface area contributed by atoms with E-state index in [1.807, 2.05) is 13.8 Å². The first-order valence-electron chi connectivity index (χ1n) is 11.1. The Kier molecular flexibility index (Phi) is 12.4.